The molecule has 37 heavy (non-hydrogen) atoms. The third-order valence-electron chi connectivity index (χ3n) is 6.76. The van der Waals surface area contributed by atoms with E-state index in [0.29, 0.717) is 5.75 Å². The van der Waals surface area contributed by atoms with Crippen molar-refractivity contribution in [2.75, 3.05) is 12.0 Å². The molecule has 0 saturated heterocycles. The number of pyridine rings is 3. The largest absolute Gasteiger partial charge is 0.492 e. The van der Waals surface area contributed by atoms with Crippen LogP contribution in [0.5, 0.6) is 5.75 Å². The minimum absolute atomic E-state index is 0.678. The molecule has 0 fully saturated rings. The average Bonchev–Trinajstić information content (AvgIpc) is 2.96. The van der Waals surface area contributed by atoms with Crippen molar-refractivity contribution in [1.82, 2.24) is 15.0 Å². The number of para-hydroxylation sites is 2. The van der Waals surface area contributed by atoms with Gasteiger partial charge in [0.25, 0.3) is 0 Å². The van der Waals surface area contributed by atoms with Crippen LogP contribution in [-0.4, -0.2) is 22.1 Å². The molecule has 7 rings (SSSR count). The molecule has 5 nitrogen and oxygen atoms in total. The van der Waals surface area contributed by atoms with Crippen molar-refractivity contribution in [3.63, 3.8) is 0 Å². The maximum atomic E-state index is 5.83. The van der Waals surface area contributed by atoms with Gasteiger partial charge in [0.1, 0.15) is 11.0 Å². The highest BCUT2D eigenvalue weighted by atomic mass is 16.5. The second kappa shape index (κ2) is 8.57. The third kappa shape index (κ3) is 3.44. The second-order valence-corrected chi connectivity index (χ2v) is 8.91. The summed E-state index contributed by atoms with van der Waals surface area (Å²) in [5, 5.41) is 4.17. The van der Waals surface area contributed by atoms with E-state index in [1.807, 2.05) is 30.3 Å². The van der Waals surface area contributed by atoms with Gasteiger partial charge < -0.3 is 9.64 Å². The molecule has 176 valence electrons. The molecule has 0 N–H and O–H groups in total. The number of hydrogen-bond acceptors (Lipinski definition) is 5. The Labute approximate surface area is 213 Å². The molecule has 0 bridgehead atoms. The molecule has 0 amide bonds. The Kier molecular flexibility index (Phi) is 4.93. The summed E-state index contributed by atoms with van der Waals surface area (Å²) >= 11 is 0. The van der Waals surface area contributed by atoms with Crippen LogP contribution in [0.1, 0.15) is 0 Å². The van der Waals surface area contributed by atoms with Crippen molar-refractivity contribution in [1.29, 1.82) is 0 Å². The minimum atomic E-state index is 0.678. The van der Waals surface area contributed by atoms with Gasteiger partial charge in [-0.1, -0.05) is 36.4 Å². The molecule has 5 heteroatoms. The van der Waals surface area contributed by atoms with Crippen LogP contribution in [0.25, 0.3) is 43.6 Å². The Morgan fingerprint density at radius 2 is 1.27 bits per heavy atom. The zero-order valence-electron chi connectivity index (χ0n) is 20.2. The van der Waals surface area contributed by atoms with Crippen LogP contribution in [0.4, 0.5) is 17.1 Å². The molecule has 0 atom stereocenters. The van der Waals surface area contributed by atoms with Gasteiger partial charge in [0, 0.05) is 45.3 Å². The lowest BCUT2D eigenvalue weighted by Gasteiger charge is -2.28. The molecule has 4 aromatic carbocycles. The quantitative estimate of drug-likeness (QED) is 0.240. The van der Waals surface area contributed by atoms with Crippen molar-refractivity contribution in [3.8, 4) is 5.75 Å². The van der Waals surface area contributed by atoms with Gasteiger partial charge in [-0.2, -0.15) is 0 Å². The van der Waals surface area contributed by atoms with Gasteiger partial charge in [0.2, 0.25) is 0 Å². The first kappa shape index (κ1) is 21.3. The van der Waals surface area contributed by atoms with Crippen LogP contribution in [-0.2, 0) is 0 Å². The number of benzene rings is 4. The van der Waals surface area contributed by atoms with E-state index in [1.54, 1.807) is 19.5 Å². The molecule has 0 aliphatic carbocycles. The number of ether oxygens (including phenoxy) is 1. The summed E-state index contributed by atoms with van der Waals surface area (Å²) in [6, 6.07) is 35.4. The van der Waals surface area contributed by atoms with E-state index in [9.17, 15) is 0 Å². The van der Waals surface area contributed by atoms with Crippen LogP contribution in [0.2, 0.25) is 0 Å². The number of rotatable bonds is 4. The van der Waals surface area contributed by atoms with E-state index >= 15 is 0 Å². The highest BCUT2D eigenvalue weighted by Crippen LogP contribution is 2.46. The standard InChI is InChI=1S/C32H22N4O/c1-37-32-29-25(12-7-17-33-29)31(26-13-8-18-34-30(26)32)36(23-10-3-2-4-11-23)24-15-16-28-22(20-24)19-21-9-5-6-14-27(21)35-28/h2-20H,1H3. The van der Waals surface area contributed by atoms with Crippen molar-refractivity contribution in [3.05, 3.63) is 116 Å². The van der Waals surface area contributed by atoms with Crippen LogP contribution >= 0.6 is 0 Å². The molecule has 0 saturated carbocycles. The lowest BCUT2D eigenvalue weighted by atomic mass is 10.0. The smallest absolute Gasteiger partial charge is 0.171 e. The highest BCUT2D eigenvalue weighted by molar-refractivity contribution is 6.16. The predicted molar refractivity (Wildman–Crippen MR) is 151 cm³/mol. The molecular formula is C32H22N4O. The second-order valence-electron chi connectivity index (χ2n) is 8.91. The summed E-state index contributed by atoms with van der Waals surface area (Å²) in [4.78, 5) is 16.6. The Hall–Kier alpha value is -5.03. The van der Waals surface area contributed by atoms with Gasteiger partial charge in [-0.05, 0) is 66.7 Å². The SMILES string of the molecule is COc1c2ncccc2c(N(c2ccccc2)c2ccc3nc4ccccc4cc3c2)c2cccnc12. The Balaban J connectivity index is 1.58. The van der Waals surface area contributed by atoms with Crippen molar-refractivity contribution < 1.29 is 4.74 Å². The highest BCUT2D eigenvalue weighted by Gasteiger charge is 2.23. The maximum Gasteiger partial charge on any atom is 0.171 e. The zero-order chi connectivity index (χ0) is 24.8. The lowest BCUT2D eigenvalue weighted by Crippen LogP contribution is -2.12. The molecule has 3 aromatic heterocycles. The van der Waals surface area contributed by atoms with Gasteiger partial charge in [-0.3, -0.25) is 9.97 Å². The third-order valence-corrected chi connectivity index (χ3v) is 6.76. The van der Waals surface area contributed by atoms with Gasteiger partial charge in [0.15, 0.2) is 5.75 Å². The van der Waals surface area contributed by atoms with Crippen LogP contribution in [0.3, 0.4) is 0 Å². The van der Waals surface area contributed by atoms with Gasteiger partial charge >= 0.3 is 0 Å². The number of anilines is 3. The van der Waals surface area contributed by atoms with E-state index < -0.39 is 0 Å². The fourth-order valence-electron chi connectivity index (χ4n) is 5.14. The Bertz CT molecular complexity index is 1880. The fraction of sp³-hybridized carbons (Fsp3) is 0.0312. The Morgan fingerprint density at radius 1 is 0.595 bits per heavy atom. The van der Waals surface area contributed by atoms with Crippen molar-refractivity contribution in [2.45, 2.75) is 0 Å². The molecule has 0 radical (unpaired) electrons. The summed E-state index contributed by atoms with van der Waals surface area (Å²) in [6.07, 6.45) is 3.59. The minimum Gasteiger partial charge on any atom is -0.492 e. The summed E-state index contributed by atoms with van der Waals surface area (Å²) in [5.41, 5.74) is 6.58. The first-order valence-corrected chi connectivity index (χ1v) is 12.2. The van der Waals surface area contributed by atoms with Crippen LogP contribution < -0.4 is 9.64 Å². The van der Waals surface area contributed by atoms with Crippen molar-refractivity contribution in [2.24, 2.45) is 0 Å². The van der Waals surface area contributed by atoms with E-state index in [2.05, 4.69) is 77.7 Å². The summed E-state index contributed by atoms with van der Waals surface area (Å²) in [7, 11) is 1.67. The maximum absolute atomic E-state index is 5.83. The van der Waals surface area contributed by atoms with Crippen molar-refractivity contribution >= 4 is 60.7 Å². The van der Waals surface area contributed by atoms with E-state index in [1.165, 1.54) is 0 Å². The summed E-state index contributed by atoms with van der Waals surface area (Å²) in [5.74, 6) is 0.678. The monoisotopic (exact) mass is 478 g/mol. The van der Waals surface area contributed by atoms with Gasteiger partial charge in [-0.25, -0.2) is 4.98 Å². The lowest BCUT2D eigenvalue weighted by molar-refractivity contribution is 0.423. The predicted octanol–water partition coefficient (Wildman–Crippen LogP) is 7.96. The van der Waals surface area contributed by atoms with Crippen LogP contribution in [0, 0.1) is 0 Å². The fourth-order valence-corrected chi connectivity index (χ4v) is 5.14. The Morgan fingerprint density at radius 3 is 2.00 bits per heavy atom. The molecule has 0 aliphatic rings. The molecule has 3 heterocycles. The number of hydrogen-bond donors (Lipinski definition) is 0. The molecule has 0 aliphatic heterocycles. The topological polar surface area (TPSA) is 51.1 Å². The number of fused-ring (bicyclic) bond motifs is 4. The van der Waals surface area contributed by atoms with Crippen LogP contribution in [0.15, 0.2) is 116 Å². The van der Waals surface area contributed by atoms with E-state index in [4.69, 9.17) is 19.7 Å². The first-order valence-electron chi connectivity index (χ1n) is 12.2. The normalized spacial score (nSPS) is 11.4. The zero-order valence-corrected chi connectivity index (χ0v) is 20.2. The average molecular weight is 479 g/mol. The summed E-state index contributed by atoms with van der Waals surface area (Å²) in [6.45, 7) is 0. The number of aromatic nitrogens is 3. The molecular weight excluding hydrogens is 456 g/mol. The summed E-state index contributed by atoms with van der Waals surface area (Å²) < 4.78 is 5.83. The number of methoxy groups -OCH3 is 1. The first-order chi connectivity index (χ1) is 18.3. The molecule has 0 unspecified atom stereocenters. The van der Waals surface area contributed by atoms with E-state index in [-0.39, 0.29) is 0 Å². The van der Waals surface area contributed by atoms with Gasteiger partial charge in [0.05, 0.1) is 23.8 Å². The number of nitrogens with zero attached hydrogens (tertiary/aromatic N) is 4. The van der Waals surface area contributed by atoms with E-state index in [0.717, 1.165) is 60.7 Å². The molecule has 7 aromatic rings. The van der Waals surface area contributed by atoms with Gasteiger partial charge in [-0.15, -0.1) is 0 Å². The molecule has 0 spiro atoms.